The molecule has 5 nitrogen and oxygen atoms in total. The fourth-order valence-electron chi connectivity index (χ4n) is 4.18. The van der Waals surface area contributed by atoms with E-state index in [4.69, 9.17) is 0 Å². The normalized spacial score (nSPS) is 16.8. The zero-order valence-corrected chi connectivity index (χ0v) is 17.8. The smallest absolute Gasteiger partial charge is 0.261 e. The monoisotopic (exact) mass is 422 g/mol. The molecule has 1 saturated heterocycles. The standard InChI is InChI=1S/C24H26N2O3S/c27-22(25-12-10-19(11-13-25)16-18-6-2-1-3-7-18)17-30-15-14-26-23(28)20-8-4-5-9-21(20)24(26)29/h1-9,19H,10-17H2. The third-order valence-corrected chi connectivity index (χ3v) is 6.82. The first kappa shape index (κ1) is 20.7. The van der Waals surface area contributed by atoms with Crippen molar-refractivity contribution in [3.63, 3.8) is 0 Å². The van der Waals surface area contributed by atoms with Crippen molar-refractivity contribution in [1.82, 2.24) is 9.80 Å². The lowest BCUT2D eigenvalue weighted by molar-refractivity contribution is -0.129. The molecule has 0 radical (unpaired) electrons. The second kappa shape index (κ2) is 9.47. The minimum Gasteiger partial charge on any atom is -0.342 e. The predicted molar refractivity (Wildman–Crippen MR) is 119 cm³/mol. The number of fused-ring (bicyclic) bond motifs is 1. The Bertz CT molecular complexity index is 888. The number of imide groups is 1. The number of carbonyl (C=O) groups is 3. The highest BCUT2D eigenvalue weighted by Gasteiger charge is 2.34. The van der Waals surface area contributed by atoms with Crippen LogP contribution in [0.25, 0.3) is 0 Å². The average Bonchev–Trinajstić information content (AvgIpc) is 3.02. The van der Waals surface area contributed by atoms with Crippen LogP contribution in [0.1, 0.15) is 39.1 Å². The molecule has 2 aromatic rings. The largest absolute Gasteiger partial charge is 0.342 e. The van der Waals surface area contributed by atoms with Crippen LogP contribution in [0.4, 0.5) is 0 Å². The van der Waals surface area contributed by atoms with Crippen LogP contribution in [0.15, 0.2) is 54.6 Å². The van der Waals surface area contributed by atoms with Crippen LogP contribution >= 0.6 is 11.8 Å². The Hall–Kier alpha value is -2.60. The maximum atomic E-state index is 12.5. The molecule has 2 aliphatic heterocycles. The van der Waals surface area contributed by atoms with Crippen molar-refractivity contribution >= 4 is 29.5 Å². The molecule has 0 N–H and O–H groups in total. The van der Waals surface area contributed by atoms with Gasteiger partial charge >= 0.3 is 0 Å². The van der Waals surface area contributed by atoms with Crippen molar-refractivity contribution in [2.45, 2.75) is 19.3 Å². The van der Waals surface area contributed by atoms with Gasteiger partial charge in [-0.3, -0.25) is 19.3 Å². The van der Waals surface area contributed by atoms with Crippen LogP contribution in [0.5, 0.6) is 0 Å². The number of piperidine rings is 1. The Balaban J connectivity index is 1.17. The molecule has 0 bridgehead atoms. The second-order valence-corrected chi connectivity index (χ2v) is 8.98. The van der Waals surface area contributed by atoms with E-state index in [1.54, 1.807) is 24.3 Å². The highest BCUT2D eigenvalue weighted by molar-refractivity contribution is 7.99. The maximum absolute atomic E-state index is 12.5. The van der Waals surface area contributed by atoms with Crippen LogP contribution in [0, 0.1) is 5.92 Å². The number of nitrogens with zero attached hydrogens (tertiary/aromatic N) is 2. The number of likely N-dealkylation sites (tertiary alicyclic amines) is 1. The van der Waals surface area contributed by atoms with E-state index in [9.17, 15) is 14.4 Å². The Morgan fingerprint density at radius 2 is 1.50 bits per heavy atom. The lowest BCUT2D eigenvalue weighted by Gasteiger charge is -2.32. The van der Waals surface area contributed by atoms with Crippen LogP contribution in [-0.2, 0) is 11.2 Å². The van der Waals surface area contributed by atoms with Gasteiger partial charge in [-0.1, -0.05) is 42.5 Å². The zero-order valence-electron chi connectivity index (χ0n) is 17.0. The summed E-state index contributed by atoms with van der Waals surface area (Å²) < 4.78 is 0. The van der Waals surface area contributed by atoms with E-state index >= 15 is 0 Å². The summed E-state index contributed by atoms with van der Waals surface area (Å²) in [5.74, 6) is 1.29. The minimum absolute atomic E-state index is 0.153. The third-order valence-electron chi connectivity index (χ3n) is 5.90. The molecule has 2 aromatic carbocycles. The topological polar surface area (TPSA) is 57.7 Å². The number of amides is 3. The summed E-state index contributed by atoms with van der Waals surface area (Å²) in [6.07, 6.45) is 3.17. The molecular weight excluding hydrogens is 396 g/mol. The van der Waals surface area contributed by atoms with Gasteiger partial charge in [-0.15, -0.1) is 0 Å². The summed E-state index contributed by atoms with van der Waals surface area (Å²) in [6, 6.07) is 17.4. The van der Waals surface area contributed by atoms with E-state index in [1.165, 1.54) is 22.2 Å². The molecule has 4 rings (SSSR count). The average molecular weight is 423 g/mol. The maximum Gasteiger partial charge on any atom is 0.261 e. The molecular formula is C24H26N2O3S. The van der Waals surface area contributed by atoms with Crippen molar-refractivity contribution in [3.05, 3.63) is 71.3 Å². The Morgan fingerprint density at radius 3 is 2.13 bits per heavy atom. The summed E-state index contributed by atoms with van der Waals surface area (Å²) in [6.45, 7) is 1.97. The number of thioether (sulfide) groups is 1. The molecule has 0 aromatic heterocycles. The Labute approximate surface area is 181 Å². The van der Waals surface area contributed by atoms with Crippen molar-refractivity contribution < 1.29 is 14.4 Å². The molecule has 2 heterocycles. The summed E-state index contributed by atoms with van der Waals surface area (Å²) >= 11 is 1.49. The predicted octanol–water partition coefficient (Wildman–Crippen LogP) is 3.50. The number of benzene rings is 2. The molecule has 1 fully saturated rings. The van der Waals surface area contributed by atoms with E-state index < -0.39 is 0 Å². The Kier molecular flexibility index (Phi) is 6.53. The van der Waals surface area contributed by atoms with Gasteiger partial charge < -0.3 is 4.90 Å². The summed E-state index contributed by atoms with van der Waals surface area (Å²) in [4.78, 5) is 40.5. The second-order valence-electron chi connectivity index (χ2n) is 7.87. The van der Waals surface area contributed by atoms with Crippen LogP contribution in [-0.4, -0.2) is 58.7 Å². The lowest BCUT2D eigenvalue weighted by Crippen LogP contribution is -2.40. The van der Waals surface area contributed by atoms with Crippen LogP contribution in [0.2, 0.25) is 0 Å². The van der Waals surface area contributed by atoms with E-state index in [0.717, 1.165) is 32.4 Å². The van der Waals surface area contributed by atoms with Gasteiger partial charge in [0, 0.05) is 25.4 Å². The van der Waals surface area contributed by atoms with Crippen molar-refractivity contribution in [1.29, 1.82) is 0 Å². The van der Waals surface area contributed by atoms with E-state index in [-0.39, 0.29) is 17.7 Å². The number of hydrogen-bond donors (Lipinski definition) is 0. The molecule has 0 aliphatic carbocycles. The summed E-state index contributed by atoms with van der Waals surface area (Å²) in [5.41, 5.74) is 2.31. The quantitative estimate of drug-likeness (QED) is 0.506. The summed E-state index contributed by atoms with van der Waals surface area (Å²) in [7, 11) is 0. The van der Waals surface area contributed by atoms with Gasteiger partial charge in [-0.2, -0.15) is 11.8 Å². The molecule has 0 atom stereocenters. The molecule has 6 heteroatoms. The van der Waals surface area contributed by atoms with Gasteiger partial charge in [0.15, 0.2) is 0 Å². The molecule has 0 saturated carbocycles. The minimum atomic E-state index is -0.233. The van der Waals surface area contributed by atoms with Gasteiger partial charge in [-0.05, 0) is 42.9 Å². The summed E-state index contributed by atoms with van der Waals surface area (Å²) in [5, 5.41) is 0. The van der Waals surface area contributed by atoms with Crippen molar-refractivity contribution in [2.75, 3.05) is 31.1 Å². The molecule has 0 spiro atoms. The fourth-order valence-corrected chi connectivity index (χ4v) is 5.00. The van der Waals surface area contributed by atoms with Gasteiger partial charge in [0.1, 0.15) is 0 Å². The van der Waals surface area contributed by atoms with E-state index in [2.05, 4.69) is 24.3 Å². The first-order chi connectivity index (χ1) is 14.6. The van der Waals surface area contributed by atoms with E-state index in [1.807, 2.05) is 11.0 Å². The molecule has 3 amide bonds. The number of rotatable bonds is 7. The SMILES string of the molecule is O=C(CSCCN1C(=O)c2ccccc2C1=O)N1CCC(Cc2ccccc2)CC1. The number of carbonyl (C=O) groups excluding carboxylic acids is 3. The highest BCUT2D eigenvalue weighted by Crippen LogP contribution is 2.24. The highest BCUT2D eigenvalue weighted by atomic mass is 32.2. The van der Waals surface area contributed by atoms with E-state index in [0.29, 0.717) is 35.1 Å². The number of hydrogen-bond acceptors (Lipinski definition) is 4. The lowest BCUT2D eigenvalue weighted by atomic mass is 9.90. The Morgan fingerprint density at radius 1 is 0.900 bits per heavy atom. The molecule has 156 valence electrons. The first-order valence-electron chi connectivity index (χ1n) is 10.5. The molecule has 2 aliphatic rings. The van der Waals surface area contributed by atoms with Crippen molar-refractivity contribution in [3.8, 4) is 0 Å². The zero-order chi connectivity index (χ0) is 20.9. The van der Waals surface area contributed by atoms with Gasteiger partial charge in [0.25, 0.3) is 11.8 Å². The van der Waals surface area contributed by atoms with Crippen LogP contribution in [0.3, 0.4) is 0 Å². The molecule has 0 unspecified atom stereocenters. The third kappa shape index (κ3) is 4.59. The van der Waals surface area contributed by atoms with Gasteiger partial charge in [0.2, 0.25) is 5.91 Å². The molecule has 30 heavy (non-hydrogen) atoms. The fraction of sp³-hybridized carbons (Fsp3) is 0.375. The van der Waals surface area contributed by atoms with Gasteiger partial charge in [0.05, 0.1) is 16.9 Å². The van der Waals surface area contributed by atoms with Crippen LogP contribution < -0.4 is 0 Å². The van der Waals surface area contributed by atoms with Crippen molar-refractivity contribution in [2.24, 2.45) is 5.92 Å². The van der Waals surface area contributed by atoms with Gasteiger partial charge in [-0.25, -0.2) is 0 Å². The first-order valence-corrected chi connectivity index (χ1v) is 11.6.